The van der Waals surface area contributed by atoms with Gasteiger partial charge in [0, 0.05) is 23.7 Å². The molecule has 4 rings (SSSR count). The molecule has 2 aromatic rings. The maximum atomic E-state index is 13.3. The van der Waals surface area contributed by atoms with Crippen LogP contribution in [-0.4, -0.2) is 53.1 Å². The minimum atomic E-state index is -4.10. The normalized spacial score (nSPS) is 24.4. The summed E-state index contributed by atoms with van der Waals surface area (Å²) in [5.41, 5.74) is 0.817. The summed E-state index contributed by atoms with van der Waals surface area (Å²) in [7, 11) is -4.10. The average Bonchev–Trinajstić information content (AvgIpc) is 3.39. The lowest BCUT2D eigenvalue weighted by Crippen LogP contribution is -2.24. The lowest BCUT2D eigenvalue weighted by atomic mass is 9.83. The molecule has 0 aliphatic heterocycles. The summed E-state index contributed by atoms with van der Waals surface area (Å²) in [6.07, 6.45) is 7.15. The molecular formula is C22H29ClN4O6S2. The van der Waals surface area contributed by atoms with E-state index >= 15 is 0 Å². The number of nitrogens with two attached hydrogens (primary N) is 1. The van der Waals surface area contributed by atoms with Gasteiger partial charge >= 0.3 is 10.3 Å². The number of hydrogen-bond donors (Lipinski definition) is 4. The fourth-order valence-corrected chi connectivity index (χ4v) is 6.58. The number of nitrogens with zero attached hydrogens (tertiary/aromatic N) is 2. The predicted molar refractivity (Wildman–Crippen MR) is 132 cm³/mol. The molecule has 2 saturated carbocycles. The molecule has 0 aromatic carbocycles. The van der Waals surface area contributed by atoms with Gasteiger partial charge in [0.1, 0.15) is 12.1 Å². The van der Waals surface area contributed by atoms with Crippen molar-refractivity contribution in [2.75, 3.05) is 11.9 Å². The molecule has 10 nitrogen and oxygen atoms in total. The first-order chi connectivity index (χ1) is 16.6. The Morgan fingerprint density at radius 2 is 2.06 bits per heavy atom. The number of carbonyl (C=O) groups excluding carboxylic acids is 1. The molecule has 4 atom stereocenters. The highest BCUT2D eigenvalue weighted by Crippen LogP contribution is 2.41. The van der Waals surface area contributed by atoms with E-state index in [1.807, 2.05) is 0 Å². The van der Waals surface area contributed by atoms with Crippen LogP contribution in [0.5, 0.6) is 0 Å². The summed E-state index contributed by atoms with van der Waals surface area (Å²) in [5.74, 6) is -0.327. The van der Waals surface area contributed by atoms with Gasteiger partial charge in [0.2, 0.25) is 5.78 Å². The van der Waals surface area contributed by atoms with Crippen LogP contribution in [0.4, 0.5) is 5.82 Å². The fraction of sp³-hybridized carbons (Fsp3) is 0.591. The molecule has 0 bridgehead atoms. The van der Waals surface area contributed by atoms with Crippen molar-refractivity contribution in [2.45, 2.75) is 63.2 Å². The van der Waals surface area contributed by atoms with Crippen molar-refractivity contribution < 1.29 is 27.6 Å². The minimum Gasteiger partial charge on any atom is -0.393 e. The van der Waals surface area contributed by atoms with Gasteiger partial charge in [-0.1, -0.05) is 30.9 Å². The molecule has 2 aromatic heterocycles. The molecule has 2 aliphatic rings. The largest absolute Gasteiger partial charge is 0.393 e. The van der Waals surface area contributed by atoms with Gasteiger partial charge < -0.3 is 15.5 Å². The maximum absolute atomic E-state index is 13.3. The molecule has 13 heteroatoms. The van der Waals surface area contributed by atoms with Crippen LogP contribution in [0, 0.1) is 11.8 Å². The van der Waals surface area contributed by atoms with E-state index in [4.69, 9.17) is 16.7 Å². The number of thiophene rings is 1. The van der Waals surface area contributed by atoms with Crippen LogP contribution < -0.4 is 10.5 Å². The van der Waals surface area contributed by atoms with Crippen LogP contribution in [0.15, 0.2) is 18.6 Å². The van der Waals surface area contributed by atoms with Crippen molar-refractivity contribution in [1.82, 2.24) is 9.97 Å². The van der Waals surface area contributed by atoms with Gasteiger partial charge in [-0.25, -0.2) is 15.1 Å². The Morgan fingerprint density at radius 1 is 1.31 bits per heavy atom. The van der Waals surface area contributed by atoms with Crippen molar-refractivity contribution in [2.24, 2.45) is 17.0 Å². The summed E-state index contributed by atoms with van der Waals surface area (Å²) in [5, 5.41) is 29.2. The quantitative estimate of drug-likeness (QED) is 0.347. The zero-order valence-corrected chi connectivity index (χ0v) is 21.4. The molecular weight excluding hydrogens is 516 g/mol. The Balaban J connectivity index is 1.47. The molecule has 2 heterocycles. The van der Waals surface area contributed by atoms with Crippen LogP contribution in [-0.2, 0) is 14.5 Å². The third-order valence-corrected chi connectivity index (χ3v) is 8.61. The molecule has 192 valence electrons. The third kappa shape index (κ3) is 6.56. The second-order valence-electron chi connectivity index (χ2n) is 9.21. The van der Waals surface area contributed by atoms with Crippen LogP contribution in [0.3, 0.4) is 0 Å². The predicted octanol–water partition coefficient (Wildman–Crippen LogP) is 2.81. The van der Waals surface area contributed by atoms with E-state index in [1.54, 1.807) is 6.07 Å². The second kappa shape index (κ2) is 11.2. The minimum absolute atomic E-state index is 0.135. The first-order valence-electron chi connectivity index (χ1n) is 11.6. The first-order valence-corrected chi connectivity index (χ1v) is 14.2. The topological polar surface area (TPSA) is 165 Å². The molecule has 2 fully saturated rings. The number of nitrogens with one attached hydrogen (secondary N) is 1. The maximum Gasteiger partial charge on any atom is 0.333 e. The lowest BCUT2D eigenvalue weighted by Gasteiger charge is -2.26. The van der Waals surface area contributed by atoms with E-state index < -0.39 is 28.4 Å². The van der Waals surface area contributed by atoms with Gasteiger partial charge in [-0.2, -0.15) is 8.42 Å². The Labute approximate surface area is 213 Å². The van der Waals surface area contributed by atoms with Crippen molar-refractivity contribution in [3.63, 3.8) is 0 Å². The number of halogens is 1. The van der Waals surface area contributed by atoms with Crippen molar-refractivity contribution in [3.05, 3.63) is 38.9 Å². The number of ketones is 1. The molecule has 5 N–H and O–H groups in total. The molecule has 0 amide bonds. The molecule has 0 spiro atoms. The summed E-state index contributed by atoms with van der Waals surface area (Å²) in [6.45, 7) is -0.229. The van der Waals surface area contributed by atoms with Gasteiger partial charge in [0.25, 0.3) is 0 Å². The van der Waals surface area contributed by atoms with Gasteiger partial charge in [-0.15, -0.1) is 11.3 Å². The van der Waals surface area contributed by atoms with E-state index in [2.05, 4.69) is 19.5 Å². The highest BCUT2D eigenvalue weighted by molar-refractivity contribution is 7.84. The smallest absolute Gasteiger partial charge is 0.333 e. The van der Waals surface area contributed by atoms with Crippen LogP contribution in [0.25, 0.3) is 0 Å². The van der Waals surface area contributed by atoms with E-state index in [0.717, 1.165) is 37.0 Å². The van der Waals surface area contributed by atoms with Gasteiger partial charge in [0.15, 0.2) is 0 Å². The third-order valence-electron chi connectivity index (χ3n) is 6.75. The van der Waals surface area contributed by atoms with E-state index in [1.165, 1.54) is 18.9 Å². The standard InChI is InChI=1S/C22H29ClN4O6S2/c23-21-15(19(29)12-4-2-1-3-5-12)8-18(34-21)20(30)16-9-25-11-26-22(16)27-14-6-13(17(28)7-14)10-33-35(24,31)32/h8-9,11-14,17,19,28-29H,1-7,10H2,(H2,24,31,32)(H,25,26,27)/t13-,14-,17+,19-/m1/s1. The molecule has 2 aliphatic carbocycles. The fourth-order valence-electron chi connectivity index (χ4n) is 4.92. The number of aliphatic hydroxyl groups is 2. The zero-order chi connectivity index (χ0) is 25.2. The van der Waals surface area contributed by atoms with E-state index in [-0.39, 0.29) is 29.9 Å². The SMILES string of the molecule is NS(=O)(=O)OC[C@H]1C[C@@H](Nc2ncncc2C(=O)c2cc([C@H](O)C3CCCCC3)c(Cl)s2)C[C@@H]1O. The monoisotopic (exact) mass is 544 g/mol. The van der Waals surface area contributed by atoms with E-state index in [0.29, 0.717) is 33.4 Å². The highest BCUT2D eigenvalue weighted by atomic mass is 35.5. The Hall–Kier alpha value is -1.67. The molecule has 0 unspecified atom stereocenters. The Bertz CT molecular complexity index is 1150. The van der Waals surface area contributed by atoms with Crippen LogP contribution in [0.1, 0.15) is 71.8 Å². The molecule has 0 saturated heterocycles. The second-order valence-corrected chi connectivity index (χ2v) is 12.1. The zero-order valence-electron chi connectivity index (χ0n) is 19.0. The van der Waals surface area contributed by atoms with E-state index in [9.17, 15) is 23.4 Å². The molecule has 0 radical (unpaired) electrons. The van der Waals surface area contributed by atoms with Crippen LogP contribution in [0.2, 0.25) is 4.34 Å². The Morgan fingerprint density at radius 3 is 2.77 bits per heavy atom. The summed E-state index contributed by atoms with van der Waals surface area (Å²) in [4.78, 5) is 21.9. The number of anilines is 1. The van der Waals surface area contributed by atoms with Gasteiger partial charge in [0.05, 0.1) is 33.6 Å². The van der Waals surface area contributed by atoms with Crippen molar-refractivity contribution >= 4 is 44.8 Å². The van der Waals surface area contributed by atoms with Crippen molar-refractivity contribution in [1.29, 1.82) is 0 Å². The molecule has 35 heavy (non-hydrogen) atoms. The Kier molecular flexibility index (Phi) is 8.41. The number of hydrogen-bond acceptors (Lipinski definition) is 10. The summed E-state index contributed by atoms with van der Waals surface area (Å²) in [6, 6.07) is 1.39. The highest BCUT2D eigenvalue weighted by Gasteiger charge is 2.35. The average molecular weight is 545 g/mol. The summed E-state index contributed by atoms with van der Waals surface area (Å²) >= 11 is 7.55. The van der Waals surface area contributed by atoms with Crippen molar-refractivity contribution in [3.8, 4) is 0 Å². The van der Waals surface area contributed by atoms with Gasteiger partial charge in [-0.05, 0) is 37.7 Å². The first kappa shape index (κ1) is 26.4. The van der Waals surface area contributed by atoms with Gasteiger partial charge in [-0.3, -0.25) is 8.98 Å². The summed E-state index contributed by atoms with van der Waals surface area (Å²) < 4.78 is 27.1. The lowest BCUT2D eigenvalue weighted by molar-refractivity contribution is 0.0852. The number of rotatable bonds is 9. The number of aromatic nitrogens is 2. The van der Waals surface area contributed by atoms with Crippen LogP contribution >= 0.6 is 22.9 Å². The number of carbonyl (C=O) groups is 1. The number of aliphatic hydroxyl groups excluding tert-OH is 2.